The topological polar surface area (TPSA) is 21.3 Å². The molecule has 0 atom stereocenters. The number of ether oxygens (including phenoxy) is 1. The third-order valence-electron chi connectivity index (χ3n) is 2.70. The largest absolute Gasteiger partial charge is 0.489 e. The Morgan fingerprint density at radius 3 is 2.58 bits per heavy atom. The SMILES string of the molecule is CNCc1cc(OCc2ccc(Cl)cc2)ccc1Br. The average Bonchev–Trinajstić information content (AvgIpc) is 2.42. The van der Waals surface area contributed by atoms with Crippen molar-refractivity contribution in [1.29, 1.82) is 0 Å². The highest BCUT2D eigenvalue weighted by molar-refractivity contribution is 9.10. The zero-order valence-electron chi connectivity index (χ0n) is 10.6. The molecule has 0 unspecified atom stereocenters. The summed E-state index contributed by atoms with van der Waals surface area (Å²) in [6.07, 6.45) is 0. The summed E-state index contributed by atoms with van der Waals surface area (Å²) in [6, 6.07) is 13.7. The summed E-state index contributed by atoms with van der Waals surface area (Å²) in [6.45, 7) is 1.34. The van der Waals surface area contributed by atoms with Gasteiger partial charge in [-0.15, -0.1) is 0 Å². The lowest BCUT2D eigenvalue weighted by molar-refractivity contribution is 0.306. The lowest BCUT2D eigenvalue weighted by Gasteiger charge is -2.10. The van der Waals surface area contributed by atoms with Crippen LogP contribution in [0.5, 0.6) is 5.75 Å². The Balaban J connectivity index is 2.03. The van der Waals surface area contributed by atoms with E-state index in [0.29, 0.717) is 6.61 Å². The minimum atomic E-state index is 0.539. The van der Waals surface area contributed by atoms with Crippen molar-refractivity contribution in [2.24, 2.45) is 0 Å². The van der Waals surface area contributed by atoms with E-state index in [1.54, 1.807) is 0 Å². The molecule has 0 bridgehead atoms. The predicted molar refractivity (Wildman–Crippen MR) is 82.7 cm³/mol. The molecule has 1 N–H and O–H groups in total. The Kier molecular flexibility index (Phi) is 5.25. The molecule has 0 saturated heterocycles. The van der Waals surface area contributed by atoms with Gasteiger partial charge in [-0.3, -0.25) is 0 Å². The Labute approximate surface area is 126 Å². The molecule has 2 aromatic rings. The summed E-state index contributed by atoms with van der Waals surface area (Å²) in [5.41, 5.74) is 2.28. The van der Waals surface area contributed by atoms with Crippen molar-refractivity contribution < 1.29 is 4.74 Å². The maximum Gasteiger partial charge on any atom is 0.120 e. The van der Waals surface area contributed by atoms with Gasteiger partial charge in [-0.25, -0.2) is 0 Å². The lowest BCUT2D eigenvalue weighted by Crippen LogP contribution is -2.06. The standard InChI is InChI=1S/C15H15BrClNO/c1-18-9-12-8-14(6-7-15(12)16)19-10-11-2-4-13(17)5-3-11/h2-8,18H,9-10H2,1H3. The summed E-state index contributed by atoms with van der Waals surface area (Å²) >= 11 is 9.37. The van der Waals surface area contributed by atoms with Crippen molar-refractivity contribution in [2.75, 3.05) is 7.05 Å². The van der Waals surface area contributed by atoms with Crippen LogP contribution in [0.2, 0.25) is 5.02 Å². The number of hydrogen-bond acceptors (Lipinski definition) is 2. The molecule has 2 aromatic carbocycles. The van der Waals surface area contributed by atoms with Crippen molar-refractivity contribution in [2.45, 2.75) is 13.2 Å². The molecule has 100 valence electrons. The van der Waals surface area contributed by atoms with Crippen molar-refractivity contribution in [1.82, 2.24) is 5.32 Å². The highest BCUT2D eigenvalue weighted by atomic mass is 79.9. The van der Waals surface area contributed by atoms with Crippen LogP contribution in [0, 0.1) is 0 Å². The van der Waals surface area contributed by atoms with E-state index in [0.717, 1.165) is 27.4 Å². The second kappa shape index (κ2) is 6.94. The third kappa shape index (κ3) is 4.23. The maximum atomic E-state index is 5.85. The number of halogens is 2. The minimum absolute atomic E-state index is 0.539. The molecule has 0 aromatic heterocycles. The van der Waals surface area contributed by atoms with E-state index in [1.807, 2.05) is 49.5 Å². The van der Waals surface area contributed by atoms with Gasteiger partial charge in [0.15, 0.2) is 0 Å². The minimum Gasteiger partial charge on any atom is -0.489 e. The molecule has 0 heterocycles. The molecule has 0 fully saturated rings. The number of hydrogen-bond donors (Lipinski definition) is 1. The number of nitrogens with one attached hydrogen (secondary N) is 1. The lowest BCUT2D eigenvalue weighted by atomic mass is 10.2. The van der Waals surface area contributed by atoms with Gasteiger partial charge in [-0.2, -0.15) is 0 Å². The van der Waals surface area contributed by atoms with Crippen LogP contribution in [0.1, 0.15) is 11.1 Å². The molecule has 0 radical (unpaired) electrons. The van der Waals surface area contributed by atoms with Crippen LogP contribution in [0.3, 0.4) is 0 Å². The predicted octanol–water partition coefficient (Wildman–Crippen LogP) is 4.40. The normalized spacial score (nSPS) is 10.5. The summed E-state index contributed by atoms with van der Waals surface area (Å²) in [4.78, 5) is 0. The van der Waals surface area contributed by atoms with Gasteiger partial charge in [0.05, 0.1) is 0 Å². The van der Waals surface area contributed by atoms with Gasteiger partial charge in [0.25, 0.3) is 0 Å². The van der Waals surface area contributed by atoms with E-state index in [2.05, 4.69) is 21.2 Å². The molecule has 0 aliphatic carbocycles. The number of rotatable bonds is 5. The van der Waals surface area contributed by atoms with E-state index in [9.17, 15) is 0 Å². The van der Waals surface area contributed by atoms with E-state index >= 15 is 0 Å². The first kappa shape index (κ1) is 14.4. The fourth-order valence-corrected chi connectivity index (χ4v) is 2.23. The smallest absolute Gasteiger partial charge is 0.120 e. The molecule has 0 aliphatic heterocycles. The van der Waals surface area contributed by atoms with Gasteiger partial charge in [-0.1, -0.05) is 39.7 Å². The van der Waals surface area contributed by atoms with Crippen LogP contribution >= 0.6 is 27.5 Å². The maximum absolute atomic E-state index is 5.85. The Bertz CT molecular complexity index is 542. The van der Waals surface area contributed by atoms with Gasteiger partial charge in [0.1, 0.15) is 12.4 Å². The highest BCUT2D eigenvalue weighted by Gasteiger charge is 2.02. The molecule has 0 aliphatic rings. The first-order chi connectivity index (χ1) is 9.19. The molecule has 0 saturated carbocycles. The molecule has 0 amide bonds. The van der Waals surface area contributed by atoms with Crippen molar-refractivity contribution in [3.63, 3.8) is 0 Å². The van der Waals surface area contributed by atoms with E-state index in [4.69, 9.17) is 16.3 Å². The molecular weight excluding hydrogens is 326 g/mol. The fourth-order valence-electron chi connectivity index (χ4n) is 1.71. The van der Waals surface area contributed by atoms with Crippen molar-refractivity contribution >= 4 is 27.5 Å². The molecular formula is C15H15BrClNO. The van der Waals surface area contributed by atoms with Crippen LogP contribution in [0.15, 0.2) is 46.9 Å². The fraction of sp³-hybridized carbons (Fsp3) is 0.200. The number of benzene rings is 2. The second-order valence-electron chi connectivity index (χ2n) is 4.20. The van der Waals surface area contributed by atoms with Crippen LogP contribution < -0.4 is 10.1 Å². The molecule has 19 heavy (non-hydrogen) atoms. The molecule has 2 nitrogen and oxygen atoms in total. The Morgan fingerprint density at radius 2 is 1.89 bits per heavy atom. The molecule has 0 spiro atoms. The van der Waals surface area contributed by atoms with Crippen LogP contribution in [-0.4, -0.2) is 7.05 Å². The molecule has 2 rings (SSSR count). The highest BCUT2D eigenvalue weighted by Crippen LogP contribution is 2.23. The van der Waals surface area contributed by atoms with Gasteiger partial charge in [0, 0.05) is 16.0 Å². The van der Waals surface area contributed by atoms with Crippen molar-refractivity contribution in [3.8, 4) is 5.75 Å². The summed E-state index contributed by atoms with van der Waals surface area (Å²) in [5, 5.41) is 3.87. The first-order valence-corrected chi connectivity index (χ1v) is 7.16. The van der Waals surface area contributed by atoms with Gasteiger partial charge in [0.2, 0.25) is 0 Å². The second-order valence-corrected chi connectivity index (χ2v) is 5.49. The van der Waals surface area contributed by atoms with Gasteiger partial charge in [-0.05, 0) is 48.5 Å². The summed E-state index contributed by atoms with van der Waals surface area (Å²) in [7, 11) is 1.92. The van der Waals surface area contributed by atoms with Crippen LogP contribution in [0.4, 0.5) is 0 Å². The monoisotopic (exact) mass is 339 g/mol. The zero-order valence-corrected chi connectivity index (χ0v) is 13.0. The van der Waals surface area contributed by atoms with E-state index in [1.165, 1.54) is 5.56 Å². The quantitative estimate of drug-likeness (QED) is 0.871. The molecule has 4 heteroatoms. The zero-order chi connectivity index (χ0) is 13.7. The van der Waals surface area contributed by atoms with E-state index < -0.39 is 0 Å². The van der Waals surface area contributed by atoms with Crippen LogP contribution in [-0.2, 0) is 13.2 Å². The Hall–Kier alpha value is -1.03. The van der Waals surface area contributed by atoms with Gasteiger partial charge >= 0.3 is 0 Å². The van der Waals surface area contributed by atoms with E-state index in [-0.39, 0.29) is 0 Å². The van der Waals surface area contributed by atoms with Gasteiger partial charge < -0.3 is 10.1 Å². The average molecular weight is 341 g/mol. The first-order valence-electron chi connectivity index (χ1n) is 5.99. The van der Waals surface area contributed by atoms with Crippen molar-refractivity contribution in [3.05, 3.63) is 63.1 Å². The third-order valence-corrected chi connectivity index (χ3v) is 3.73. The summed E-state index contributed by atoms with van der Waals surface area (Å²) in [5.74, 6) is 0.864. The summed E-state index contributed by atoms with van der Waals surface area (Å²) < 4.78 is 6.87. The van der Waals surface area contributed by atoms with Crippen LogP contribution in [0.25, 0.3) is 0 Å². The Morgan fingerprint density at radius 1 is 1.16 bits per heavy atom.